The Kier molecular flexibility index (Phi) is 39.9. The van der Waals surface area contributed by atoms with Crippen LogP contribution in [0, 0.1) is 0 Å². The van der Waals surface area contributed by atoms with Crippen molar-refractivity contribution in [1.29, 1.82) is 0 Å². The van der Waals surface area contributed by atoms with E-state index in [0.717, 1.165) is 70.6 Å². The maximum absolute atomic E-state index is 12.9. The molecule has 6 unspecified atom stereocenters. The van der Waals surface area contributed by atoms with Crippen LogP contribution in [0.25, 0.3) is 0 Å². The van der Waals surface area contributed by atoms with Gasteiger partial charge in [-0.1, -0.05) is 204 Å². The summed E-state index contributed by atoms with van der Waals surface area (Å²) < 4.78 is 54.2. The van der Waals surface area contributed by atoms with E-state index in [4.69, 9.17) is 18.9 Å². The Bertz CT molecular complexity index is 1400. The Labute approximate surface area is 401 Å². The molecule has 1 aliphatic heterocycles. The van der Waals surface area contributed by atoms with Crippen molar-refractivity contribution in [3.05, 3.63) is 48.6 Å². The van der Waals surface area contributed by atoms with Gasteiger partial charge in [-0.3, -0.25) is 14.1 Å². The Morgan fingerprint density at radius 1 is 0.530 bits per heavy atom. The van der Waals surface area contributed by atoms with Gasteiger partial charge in [-0.05, 0) is 51.4 Å². The van der Waals surface area contributed by atoms with E-state index in [9.17, 15) is 37.9 Å². The first-order chi connectivity index (χ1) is 32.0. The maximum atomic E-state index is 12.9. The predicted octanol–water partition coefficient (Wildman–Crippen LogP) is 11.9. The zero-order chi connectivity index (χ0) is 48.4. The van der Waals surface area contributed by atoms with Gasteiger partial charge in [0, 0.05) is 12.8 Å². The molecule has 0 aromatic carbocycles. The fourth-order valence-electron chi connectivity index (χ4n) is 7.90. The standard InChI is InChI=1S/C53H94O12S/c1-3-5-7-9-11-13-15-17-19-21-22-23-24-26-27-29-31-33-35-37-39-41-48(54)62-43-46(44-63-53-52(58)51(57)50(56)47(65-53)45-66(59,60)61)64-49(55)42-40-38-36-34-32-30-28-25-20-18-16-14-12-10-8-6-4-2/h6,8,12,14,18,20,28,30,46-47,50-53,56-58H,3-5,7,9-11,13,15-17,19,21-27,29,31-45H2,1-2H3,(H,59,60,61)/b8-6-,14-12-,20-18-,30-28-. The van der Waals surface area contributed by atoms with Crippen LogP contribution in [-0.2, 0) is 38.7 Å². The van der Waals surface area contributed by atoms with Crippen molar-refractivity contribution >= 4 is 22.1 Å². The Morgan fingerprint density at radius 3 is 1.42 bits per heavy atom. The van der Waals surface area contributed by atoms with E-state index < -0.39 is 71.2 Å². The average Bonchev–Trinajstić information content (AvgIpc) is 3.28. The largest absolute Gasteiger partial charge is 0.462 e. The zero-order valence-corrected chi connectivity index (χ0v) is 42.1. The number of hydrogen-bond donors (Lipinski definition) is 4. The molecular weight excluding hydrogens is 861 g/mol. The molecule has 1 heterocycles. The van der Waals surface area contributed by atoms with Crippen LogP contribution in [-0.4, -0.2) is 96.0 Å². The van der Waals surface area contributed by atoms with Crippen molar-refractivity contribution in [3.8, 4) is 0 Å². The van der Waals surface area contributed by atoms with Crippen LogP contribution >= 0.6 is 0 Å². The average molecular weight is 955 g/mol. The van der Waals surface area contributed by atoms with Crippen LogP contribution in [0.5, 0.6) is 0 Å². The highest BCUT2D eigenvalue weighted by molar-refractivity contribution is 7.85. The van der Waals surface area contributed by atoms with E-state index in [-0.39, 0.29) is 19.4 Å². The highest BCUT2D eigenvalue weighted by atomic mass is 32.2. The summed E-state index contributed by atoms with van der Waals surface area (Å²) in [4.78, 5) is 25.5. The van der Waals surface area contributed by atoms with Gasteiger partial charge in [-0.15, -0.1) is 0 Å². The molecule has 0 spiro atoms. The number of esters is 2. The van der Waals surface area contributed by atoms with Gasteiger partial charge < -0.3 is 34.3 Å². The summed E-state index contributed by atoms with van der Waals surface area (Å²) in [5, 5.41) is 31.0. The monoisotopic (exact) mass is 955 g/mol. The molecule has 6 atom stereocenters. The lowest BCUT2D eigenvalue weighted by atomic mass is 10.00. The molecule has 384 valence electrons. The summed E-state index contributed by atoms with van der Waals surface area (Å²) in [6.07, 6.45) is 43.0. The van der Waals surface area contributed by atoms with E-state index in [1.807, 2.05) is 0 Å². The van der Waals surface area contributed by atoms with E-state index in [1.54, 1.807) is 0 Å². The summed E-state index contributed by atoms with van der Waals surface area (Å²) in [5.41, 5.74) is 0. The van der Waals surface area contributed by atoms with Crippen LogP contribution in [0.3, 0.4) is 0 Å². The molecule has 66 heavy (non-hydrogen) atoms. The number of carbonyl (C=O) groups is 2. The number of hydrogen-bond acceptors (Lipinski definition) is 11. The van der Waals surface area contributed by atoms with Crippen LogP contribution in [0.2, 0.25) is 0 Å². The minimum Gasteiger partial charge on any atom is -0.462 e. The molecule has 4 N–H and O–H groups in total. The summed E-state index contributed by atoms with van der Waals surface area (Å²) >= 11 is 0. The molecule has 13 heteroatoms. The summed E-state index contributed by atoms with van der Waals surface area (Å²) in [6, 6.07) is 0. The smallest absolute Gasteiger partial charge is 0.306 e. The molecule has 1 rings (SSSR count). The molecule has 0 bridgehead atoms. The van der Waals surface area contributed by atoms with E-state index >= 15 is 0 Å². The second-order valence-electron chi connectivity index (χ2n) is 18.2. The highest BCUT2D eigenvalue weighted by Gasteiger charge is 2.46. The van der Waals surface area contributed by atoms with Gasteiger partial charge in [0.25, 0.3) is 10.1 Å². The van der Waals surface area contributed by atoms with Crippen molar-refractivity contribution in [2.24, 2.45) is 0 Å². The topological polar surface area (TPSA) is 186 Å². The molecule has 1 aliphatic rings. The van der Waals surface area contributed by atoms with Crippen molar-refractivity contribution in [1.82, 2.24) is 0 Å². The minimum absolute atomic E-state index is 0.137. The number of unbranched alkanes of at least 4 members (excludes halogenated alkanes) is 24. The number of allylic oxidation sites excluding steroid dienone is 8. The fraction of sp³-hybridized carbons (Fsp3) is 0.811. The normalized spacial score (nSPS) is 19.8. The number of aliphatic hydroxyl groups is 3. The summed E-state index contributed by atoms with van der Waals surface area (Å²) in [6.45, 7) is 3.66. The molecule has 0 aliphatic carbocycles. The highest BCUT2D eigenvalue weighted by Crippen LogP contribution is 2.24. The van der Waals surface area contributed by atoms with Crippen molar-refractivity contribution in [2.45, 2.75) is 256 Å². The minimum atomic E-state index is -4.61. The van der Waals surface area contributed by atoms with Crippen molar-refractivity contribution in [2.75, 3.05) is 19.0 Å². The molecule has 0 aromatic heterocycles. The second kappa shape index (κ2) is 42.7. The third-order valence-electron chi connectivity index (χ3n) is 11.9. The zero-order valence-electron chi connectivity index (χ0n) is 41.3. The number of aliphatic hydroxyl groups excluding tert-OH is 3. The number of carbonyl (C=O) groups excluding carboxylic acids is 2. The van der Waals surface area contributed by atoms with Crippen LogP contribution in [0.15, 0.2) is 48.6 Å². The molecule has 12 nitrogen and oxygen atoms in total. The number of ether oxygens (including phenoxy) is 4. The van der Waals surface area contributed by atoms with E-state index in [0.29, 0.717) is 12.8 Å². The summed E-state index contributed by atoms with van der Waals surface area (Å²) in [5.74, 6) is -2.01. The summed E-state index contributed by atoms with van der Waals surface area (Å²) in [7, 11) is -4.61. The Balaban J connectivity index is 2.36. The van der Waals surface area contributed by atoms with Crippen LogP contribution in [0.4, 0.5) is 0 Å². The third kappa shape index (κ3) is 36.6. The first kappa shape index (κ1) is 61.6. The molecule has 0 amide bonds. The first-order valence-electron chi connectivity index (χ1n) is 26.2. The van der Waals surface area contributed by atoms with Gasteiger partial charge >= 0.3 is 11.9 Å². The molecule has 0 radical (unpaired) electrons. The molecule has 1 fully saturated rings. The quantitative estimate of drug-likeness (QED) is 0.0196. The lowest BCUT2D eigenvalue weighted by Gasteiger charge is -2.40. The SMILES string of the molecule is CC/C=C\C/C=C\C/C=C\C/C=C\CCCCCCC(=O)OC(COC(=O)CCCCCCCCCCCCCCCCCCCCCCC)COC1OC(CS(=O)(=O)O)C(O)C(O)C1O. The third-order valence-corrected chi connectivity index (χ3v) is 12.7. The molecule has 0 saturated carbocycles. The van der Waals surface area contributed by atoms with Crippen LogP contribution in [0.1, 0.15) is 219 Å². The van der Waals surface area contributed by atoms with Crippen molar-refractivity contribution in [3.63, 3.8) is 0 Å². The Hall–Kier alpha value is -2.39. The van der Waals surface area contributed by atoms with Gasteiger partial charge in [-0.2, -0.15) is 8.42 Å². The van der Waals surface area contributed by atoms with Crippen molar-refractivity contribution < 1.29 is 56.8 Å². The molecule has 0 aromatic rings. The lowest BCUT2D eigenvalue weighted by molar-refractivity contribution is -0.297. The van der Waals surface area contributed by atoms with Crippen LogP contribution < -0.4 is 0 Å². The van der Waals surface area contributed by atoms with Gasteiger partial charge in [0.2, 0.25) is 0 Å². The Morgan fingerprint density at radius 2 is 0.955 bits per heavy atom. The number of rotatable bonds is 44. The van der Waals surface area contributed by atoms with E-state index in [1.165, 1.54) is 109 Å². The van der Waals surface area contributed by atoms with Gasteiger partial charge in [0.1, 0.15) is 36.8 Å². The van der Waals surface area contributed by atoms with Gasteiger partial charge in [0.15, 0.2) is 12.4 Å². The fourth-order valence-corrected chi connectivity index (χ4v) is 8.60. The first-order valence-corrected chi connectivity index (χ1v) is 27.8. The van der Waals surface area contributed by atoms with E-state index in [2.05, 4.69) is 62.5 Å². The second-order valence-corrected chi connectivity index (χ2v) is 19.7. The van der Waals surface area contributed by atoms with Gasteiger partial charge in [-0.25, -0.2) is 0 Å². The lowest BCUT2D eigenvalue weighted by Crippen LogP contribution is -2.60. The molecule has 1 saturated heterocycles. The predicted molar refractivity (Wildman–Crippen MR) is 266 cm³/mol. The van der Waals surface area contributed by atoms with Gasteiger partial charge in [0.05, 0.1) is 6.61 Å². The molecular formula is C53H94O12S. The maximum Gasteiger partial charge on any atom is 0.306 e.